The molecular weight excluding hydrogens is 218 g/mol. The molecule has 0 saturated heterocycles. The zero-order valence-electron chi connectivity index (χ0n) is 7.18. The van der Waals surface area contributed by atoms with Crippen molar-refractivity contribution in [3.63, 3.8) is 0 Å². The maximum absolute atomic E-state index is 5.56. The molecule has 4 heteroatoms. The van der Waals surface area contributed by atoms with Gasteiger partial charge in [-0.25, -0.2) is 0 Å². The topological polar surface area (TPSA) is 50.4 Å². The van der Waals surface area contributed by atoms with E-state index in [-0.39, 0.29) is 0 Å². The van der Waals surface area contributed by atoms with E-state index in [0.29, 0.717) is 11.9 Å². The van der Waals surface area contributed by atoms with Gasteiger partial charge < -0.3 is 11.1 Å². The Morgan fingerprint density at radius 3 is 2.75 bits per heavy atom. The summed E-state index contributed by atoms with van der Waals surface area (Å²) in [5, 5.41) is 3.26. The smallest absolute Gasteiger partial charge is 0.134 e. The average molecular weight is 232 g/mol. The summed E-state index contributed by atoms with van der Waals surface area (Å²) in [5.74, 6) is 0.529. The highest BCUT2D eigenvalue weighted by atomic mass is 79.9. The van der Waals surface area contributed by atoms with E-state index in [1.54, 1.807) is 7.05 Å². The molecule has 0 spiro atoms. The van der Waals surface area contributed by atoms with Crippen LogP contribution in [0.15, 0.2) is 15.7 Å². The normalized spacial score (nSPS) is 20.5. The van der Waals surface area contributed by atoms with Crippen molar-refractivity contribution in [3.8, 4) is 0 Å². The van der Waals surface area contributed by atoms with E-state index in [9.17, 15) is 0 Å². The molecule has 0 amide bonds. The lowest BCUT2D eigenvalue weighted by Crippen LogP contribution is -2.31. The molecule has 68 valence electrons. The van der Waals surface area contributed by atoms with Crippen molar-refractivity contribution >= 4 is 21.8 Å². The highest BCUT2D eigenvalue weighted by Crippen LogP contribution is 2.18. The van der Waals surface area contributed by atoms with E-state index in [2.05, 4.69) is 26.2 Å². The standard InChI is InChI=1S/C8H14BrN3/c1-11-8(10)7(9)5-12-6-3-2-4-6/h5-6,12H,2-4H2,1H3,(H2,10,11)/b7-5+. The van der Waals surface area contributed by atoms with Crippen molar-refractivity contribution in [3.05, 3.63) is 10.7 Å². The fourth-order valence-electron chi connectivity index (χ4n) is 0.947. The maximum Gasteiger partial charge on any atom is 0.134 e. The molecule has 1 saturated carbocycles. The van der Waals surface area contributed by atoms with Gasteiger partial charge in [0.15, 0.2) is 0 Å². The molecule has 0 heterocycles. The Balaban J connectivity index is 2.34. The largest absolute Gasteiger partial charge is 0.387 e. The van der Waals surface area contributed by atoms with Gasteiger partial charge in [0.1, 0.15) is 5.84 Å². The molecule has 3 N–H and O–H groups in total. The second-order valence-electron chi connectivity index (χ2n) is 2.90. The number of nitrogens with one attached hydrogen (secondary N) is 1. The number of rotatable bonds is 3. The summed E-state index contributed by atoms with van der Waals surface area (Å²) in [6.45, 7) is 0. The summed E-state index contributed by atoms with van der Waals surface area (Å²) in [6.07, 6.45) is 5.74. The summed E-state index contributed by atoms with van der Waals surface area (Å²) in [6, 6.07) is 0.641. The minimum Gasteiger partial charge on any atom is -0.387 e. The van der Waals surface area contributed by atoms with E-state index < -0.39 is 0 Å². The van der Waals surface area contributed by atoms with Gasteiger partial charge in [0.25, 0.3) is 0 Å². The zero-order valence-corrected chi connectivity index (χ0v) is 8.76. The highest BCUT2D eigenvalue weighted by molar-refractivity contribution is 9.12. The minimum absolute atomic E-state index is 0.529. The van der Waals surface area contributed by atoms with Gasteiger partial charge in [0, 0.05) is 19.3 Å². The van der Waals surface area contributed by atoms with Crippen molar-refractivity contribution in [1.82, 2.24) is 5.32 Å². The molecule has 0 aromatic rings. The van der Waals surface area contributed by atoms with Gasteiger partial charge in [-0.05, 0) is 35.2 Å². The summed E-state index contributed by atoms with van der Waals surface area (Å²) in [4.78, 5) is 3.85. The Bertz CT molecular complexity index is 206. The molecule has 12 heavy (non-hydrogen) atoms. The van der Waals surface area contributed by atoms with Crippen LogP contribution in [0.4, 0.5) is 0 Å². The monoisotopic (exact) mass is 231 g/mol. The molecule has 0 atom stereocenters. The molecule has 3 nitrogen and oxygen atoms in total. The molecule has 1 fully saturated rings. The fourth-order valence-corrected chi connectivity index (χ4v) is 1.26. The Hall–Kier alpha value is -0.510. The number of nitrogens with zero attached hydrogens (tertiary/aromatic N) is 1. The molecule has 0 unspecified atom stereocenters. The van der Waals surface area contributed by atoms with E-state index in [1.807, 2.05) is 6.20 Å². The van der Waals surface area contributed by atoms with Gasteiger partial charge >= 0.3 is 0 Å². The number of hydrogen-bond acceptors (Lipinski definition) is 2. The Labute approximate surface area is 81.3 Å². The van der Waals surface area contributed by atoms with Crippen LogP contribution in [0.25, 0.3) is 0 Å². The van der Waals surface area contributed by atoms with E-state index in [0.717, 1.165) is 4.48 Å². The SMILES string of the molecule is CN=C(N)/C(Br)=C\NC1CCC1. The maximum atomic E-state index is 5.56. The summed E-state index contributed by atoms with van der Waals surface area (Å²) >= 11 is 3.33. The van der Waals surface area contributed by atoms with Crippen LogP contribution < -0.4 is 11.1 Å². The molecule has 0 aliphatic heterocycles. The first-order chi connectivity index (χ1) is 5.74. The van der Waals surface area contributed by atoms with Crippen LogP contribution in [-0.2, 0) is 0 Å². The molecule has 0 bridgehead atoms. The number of halogens is 1. The molecular formula is C8H14BrN3. The van der Waals surface area contributed by atoms with Crippen molar-refractivity contribution in [2.45, 2.75) is 25.3 Å². The summed E-state index contributed by atoms with van der Waals surface area (Å²) in [7, 11) is 1.67. The predicted octanol–water partition coefficient (Wildman–Crippen LogP) is 1.35. The first kappa shape index (κ1) is 9.58. The second-order valence-corrected chi connectivity index (χ2v) is 3.75. The van der Waals surface area contributed by atoms with E-state index in [4.69, 9.17) is 5.73 Å². The van der Waals surface area contributed by atoms with Crippen LogP contribution in [0.2, 0.25) is 0 Å². The molecule has 0 radical (unpaired) electrons. The van der Waals surface area contributed by atoms with E-state index >= 15 is 0 Å². The molecule has 1 aliphatic carbocycles. The number of hydrogen-bond donors (Lipinski definition) is 2. The van der Waals surface area contributed by atoms with Crippen LogP contribution in [-0.4, -0.2) is 18.9 Å². The van der Waals surface area contributed by atoms with Crippen molar-refractivity contribution < 1.29 is 0 Å². The molecule has 1 rings (SSSR count). The Morgan fingerprint density at radius 2 is 2.33 bits per heavy atom. The van der Waals surface area contributed by atoms with Crippen LogP contribution >= 0.6 is 15.9 Å². The quantitative estimate of drug-likeness (QED) is 0.570. The third-order valence-electron chi connectivity index (χ3n) is 2.04. The van der Waals surface area contributed by atoms with Crippen molar-refractivity contribution in [2.24, 2.45) is 10.7 Å². The van der Waals surface area contributed by atoms with Crippen LogP contribution in [0, 0.1) is 0 Å². The summed E-state index contributed by atoms with van der Waals surface area (Å²) in [5.41, 5.74) is 5.56. The van der Waals surface area contributed by atoms with Gasteiger partial charge in [0.2, 0.25) is 0 Å². The lowest BCUT2D eigenvalue weighted by atomic mass is 9.93. The molecule has 1 aliphatic rings. The number of nitrogens with two attached hydrogens (primary N) is 1. The lowest BCUT2D eigenvalue weighted by Gasteiger charge is -2.25. The second kappa shape index (κ2) is 4.50. The van der Waals surface area contributed by atoms with Gasteiger partial charge in [0.05, 0.1) is 4.48 Å². The Kier molecular flexibility index (Phi) is 3.59. The Morgan fingerprint density at radius 1 is 1.67 bits per heavy atom. The number of amidine groups is 1. The molecule has 0 aromatic heterocycles. The lowest BCUT2D eigenvalue weighted by molar-refractivity contribution is 0.373. The third kappa shape index (κ3) is 2.52. The van der Waals surface area contributed by atoms with Gasteiger partial charge in [-0.2, -0.15) is 0 Å². The number of aliphatic imine (C=N–C) groups is 1. The third-order valence-corrected chi connectivity index (χ3v) is 2.67. The fraction of sp³-hybridized carbons (Fsp3) is 0.625. The summed E-state index contributed by atoms with van der Waals surface area (Å²) < 4.78 is 0.830. The van der Waals surface area contributed by atoms with Crippen molar-refractivity contribution in [1.29, 1.82) is 0 Å². The highest BCUT2D eigenvalue weighted by Gasteiger charge is 2.15. The first-order valence-corrected chi connectivity index (χ1v) is 4.87. The minimum atomic E-state index is 0.529. The van der Waals surface area contributed by atoms with Gasteiger partial charge in [-0.3, -0.25) is 4.99 Å². The molecule has 0 aromatic carbocycles. The average Bonchev–Trinajstić information content (AvgIpc) is 2.00. The first-order valence-electron chi connectivity index (χ1n) is 4.08. The van der Waals surface area contributed by atoms with Crippen LogP contribution in [0.3, 0.4) is 0 Å². The van der Waals surface area contributed by atoms with E-state index in [1.165, 1.54) is 19.3 Å². The zero-order chi connectivity index (χ0) is 8.97. The van der Waals surface area contributed by atoms with Crippen molar-refractivity contribution in [2.75, 3.05) is 7.05 Å². The predicted molar refractivity (Wildman–Crippen MR) is 55.3 cm³/mol. The van der Waals surface area contributed by atoms with Crippen LogP contribution in [0.5, 0.6) is 0 Å². The van der Waals surface area contributed by atoms with Gasteiger partial charge in [-0.1, -0.05) is 0 Å². The van der Waals surface area contributed by atoms with Gasteiger partial charge in [-0.15, -0.1) is 0 Å². The van der Waals surface area contributed by atoms with Crippen LogP contribution in [0.1, 0.15) is 19.3 Å².